The molecule has 0 atom stereocenters. The lowest BCUT2D eigenvalue weighted by Crippen LogP contribution is -2.43. The van der Waals surface area contributed by atoms with Crippen LogP contribution in [0.5, 0.6) is 0 Å². The number of hydrogen-bond donors (Lipinski definition) is 2. The zero-order chi connectivity index (χ0) is 21.8. The minimum Gasteiger partial charge on any atom is -0.354 e. The molecule has 3 aromatic rings. The van der Waals surface area contributed by atoms with Crippen molar-refractivity contribution in [1.82, 2.24) is 15.3 Å². The van der Waals surface area contributed by atoms with E-state index in [1.165, 1.54) is 18.0 Å². The smallest absolute Gasteiger partial charge is 0.354 e. The fraction of sp³-hybridized carbons (Fsp3) is 0.273. The molecular formula is C22H22F3N5S. The first-order chi connectivity index (χ1) is 14.9. The first-order valence-corrected chi connectivity index (χ1v) is 10.7. The van der Waals surface area contributed by atoms with Gasteiger partial charge in [-0.1, -0.05) is 30.3 Å². The summed E-state index contributed by atoms with van der Waals surface area (Å²) in [4.78, 5) is 11.2. The second-order valence-corrected chi connectivity index (χ2v) is 8.01. The summed E-state index contributed by atoms with van der Waals surface area (Å²) in [7, 11) is 0. The second kappa shape index (κ2) is 9.15. The van der Waals surface area contributed by atoms with E-state index in [1.54, 1.807) is 31.2 Å². The van der Waals surface area contributed by atoms with Gasteiger partial charge in [-0.25, -0.2) is 9.97 Å². The molecule has 0 amide bonds. The number of benzene rings is 1. The standard InChI is InChI=1S/C22H22F3N5S/c1-15-5-2-3-6-16(15)21-17(22(23,24)25)9-10-18(27-21)29-31-20-8-4-7-19(28-20)30-13-11-26-12-14-30/h2-10,26H,11-14H2,1H3,(H,27,29). The topological polar surface area (TPSA) is 53.1 Å². The molecule has 0 unspecified atom stereocenters. The normalized spacial score (nSPS) is 14.5. The molecule has 5 nitrogen and oxygen atoms in total. The molecule has 0 aliphatic carbocycles. The maximum atomic E-state index is 13.6. The van der Waals surface area contributed by atoms with Gasteiger partial charge in [-0.15, -0.1) is 0 Å². The number of aryl methyl sites for hydroxylation is 1. The summed E-state index contributed by atoms with van der Waals surface area (Å²) < 4.78 is 43.8. The third-order valence-corrected chi connectivity index (χ3v) is 5.76. The van der Waals surface area contributed by atoms with Gasteiger partial charge >= 0.3 is 6.18 Å². The first-order valence-electron chi connectivity index (χ1n) is 9.91. The van der Waals surface area contributed by atoms with E-state index in [0.29, 0.717) is 11.4 Å². The second-order valence-electron chi connectivity index (χ2n) is 7.18. The third-order valence-electron chi connectivity index (χ3n) is 5.01. The molecule has 0 bridgehead atoms. The molecule has 162 valence electrons. The number of pyridine rings is 2. The number of anilines is 2. The minimum atomic E-state index is -4.49. The molecule has 0 saturated carbocycles. The Bertz CT molecular complexity index is 1050. The molecule has 1 fully saturated rings. The summed E-state index contributed by atoms with van der Waals surface area (Å²) in [6.45, 7) is 5.37. The third kappa shape index (κ3) is 5.11. The van der Waals surface area contributed by atoms with E-state index in [4.69, 9.17) is 0 Å². The van der Waals surface area contributed by atoms with Crippen LogP contribution >= 0.6 is 11.9 Å². The van der Waals surface area contributed by atoms with E-state index in [0.717, 1.165) is 48.7 Å². The van der Waals surface area contributed by atoms with Gasteiger partial charge in [0.2, 0.25) is 0 Å². The molecule has 4 rings (SSSR count). The van der Waals surface area contributed by atoms with E-state index < -0.39 is 11.7 Å². The van der Waals surface area contributed by atoms with Gasteiger partial charge in [0.05, 0.1) is 11.3 Å². The van der Waals surface area contributed by atoms with Gasteiger partial charge in [-0.2, -0.15) is 13.2 Å². The summed E-state index contributed by atoms with van der Waals surface area (Å²) >= 11 is 1.23. The first kappa shape index (κ1) is 21.5. The molecule has 9 heteroatoms. The lowest BCUT2D eigenvalue weighted by atomic mass is 10.0. The number of rotatable bonds is 5. The highest BCUT2D eigenvalue weighted by Crippen LogP contribution is 2.38. The van der Waals surface area contributed by atoms with Crippen LogP contribution in [0.2, 0.25) is 0 Å². The Balaban J connectivity index is 1.57. The Labute approximate surface area is 183 Å². The van der Waals surface area contributed by atoms with Crippen molar-refractivity contribution in [3.8, 4) is 11.3 Å². The van der Waals surface area contributed by atoms with Gasteiger partial charge < -0.3 is 14.9 Å². The highest BCUT2D eigenvalue weighted by Gasteiger charge is 2.35. The number of piperazine rings is 1. The van der Waals surface area contributed by atoms with E-state index in [-0.39, 0.29) is 5.69 Å². The van der Waals surface area contributed by atoms with Crippen LogP contribution in [0.3, 0.4) is 0 Å². The average Bonchev–Trinajstić information content (AvgIpc) is 2.78. The van der Waals surface area contributed by atoms with Crippen molar-refractivity contribution in [2.45, 2.75) is 18.1 Å². The Morgan fingerprint density at radius 2 is 1.74 bits per heavy atom. The van der Waals surface area contributed by atoms with Crippen molar-refractivity contribution in [3.63, 3.8) is 0 Å². The van der Waals surface area contributed by atoms with Gasteiger partial charge in [0.25, 0.3) is 0 Å². The molecule has 1 aromatic carbocycles. The molecule has 1 aliphatic rings. The van der Waals surface area contributed by atoms with Crippen LogP contribution in [0.1, 0.15) is 11.1 Å². The lowest BCUT2D eigenvalue weighted by Gasteiger charge is -2.28. The van der Waals surface area contributed by atoms with Crippen molar-refractivity contribution >= 4 is 23.6 Å². The van der Waals surface area contributed by atoms with Gasteiger partial charge in [0.15, 0.2) is 0 Å². The summed E-state index contributed by atoms with van der Waals surface area (Å²) in [5.41, 5.74) is 0.355. The zero-order valence-electron chi connectivity index (χ0n) is 16.9. The Hall–Kier alpha value is -2.78. The number of halogens is 3. The minimum absolute atomic E-state index is 0.0845. The fourth-order valence-corrected chi connectivity index (χ4v) is 4.03. The van der Waals surface area contributed by atoms with Crippen molar-refractivity contribution in [2.75, 3.05) is 35.8 Å². The van der Waals surface area contributed by atoms with Gasteiger partial charge in [-0.3, -0.25) is 0 Å². The number of alkyl halides is 3. The fourth-order valence-electron chi connectivity index (χ4n) is 3.42. The Morgan fingerprint density at radius 1 is 0.968 bits per heavy atom. The lowest BCUT2D eigenvalue weighted by molar-refractivity contribution is -0.137. The molecular weight excluding hydrogens is 423 g/mol. The summed E-state index contributed by atoms with van der Waals surface area (Å²) in [5.74, 6) is 1.22. The summed E-state index contributed by atoms with van der Waals surface area (Å²) in [5, 5.41) is 4.03. The van der Waals surface area contributed by atoms with Crippen LogP contribution in [-0.2, 0) is 6.18 Å². The van der Waals surface area contributed by atoms with Gasteiger partial charge in [0.1, 0.15) is 16.7 Å². The molecule has 2 aromatic heterocycles. The number of nitrogens with zero attached hydrogens (tertiary/aromatic N) is 3. The predicted molar refractivity (Wildman–Crippen MR) is 118 cm³/mol. The molecule has 2 N–H and O–H groups in total. The summed E-state index contributed by atoms with van der Waals surface area (Å²) in [6, 6.07) is 15.1. The van der Waals surface area contributed by atoms with E-state index >= 15 is 0 Å². The largest absolute Gasteiger partial charge is 0.418 e. The van der Waals surface area contributed by atoms with E-state index in [9.17, 15) is 13.2 Å². The Kier molecular flexibility index (Phi) is 6.33. The number of nitrogens with one attached hydrogen (secondary N) is 2. The zero-order valence-corrected chi connectivity index (χ0v) is 17.7. The van der Waals surface area contributed by atoms with E-state index in [2.05, 4.69) is 24.9 Å². The van der Waals surface area contributed by atoms with Gasteiger partial charge in [-0.05, 0) is 36.8 Å². The van der Waals surface area contributed by atoms with Crippen molar-refractivity contribution in [1.29, 1.82) is 0 Å². The average molecular weight is 446 g/mol. The summed E-state index contributed by atoms with van der Waals surface area (Å²) in [6.07, 6.45) is -4.49. The maximum Gasteiger partial charge on any atom is 0.418 e. The van der Waals surface area contributed by atoms with Gasteiger partial charge in [0, 0.05) is 43.7 Å². The number of hydrogen-bond acceptors (Lipinski definition) is 6. The van der Waals surface area contributed by atoms with Crippen LogP contribution in [0.4, 0.5) is 24.8 Å². The van der Waals surface area contributed by atoms with Crippen LogP contribution < -0.4 is 14.9 Å². The quantitative estimate of drug-likeness (QED) is 0.539. The van der Waals surface area contributed by atoms with Crippen LogP contribution in [0, 0.1) is 6.92 Å². The maximum absolute atomic E-state index is 13.6. The van der Waals surface area contributed by atoms with E-state index in [1.807, 2.05) is 18.2 Å². The van der Waals surface area contributed by atoms with Crippen LogP contribution in [-0.4, -0.2) is 36.1 Å². The Morgan fingerprint density at radius 3 is 2.48 bits per heavy atom. The molecule has 31 heavy (non-hydrogen) atoms. The highest BCUT2D eigenvalue weighted by atomic mass is 32.2. The van der Waals surface area contributed by atoms with Crippen molar-refractivity contribution in [3.05, 3.63) is 65.7 Å². The van der Waals surface area contributed by atoms with Crippen molar-refractivity contribution in [2.24, 2.45) is 0 Å². The van der Waals surface area contributed by atoms with Crippen molar-refractivity contribution < 1.29 is 13.2 Å². The monoisotopic (exact) mass is 445 g/mol. The highest BCUT2D eigenvalue weighted by molar-refractivity contribution is 8.00. The molecule has 1 aliphatic heterocycles. The molecule has 3 heterocycles. The SMILES string of the molecule is Cc1ccccc1-c1nc(NSc2cccc(N3CCNCC3)n2)ccc1C(F)(F)F. The predicted octanol–water partition coefficient (Wildman–Crippen LogP) is 5.00. The molecule has 0 spiro atoms. The van der Waals surface area contributed by atoms with Crippen LogP contribution in [0.25, 0.3) is 11.3 Å². The molecule has 1 saturated heterocycles. The number of aromatic nitrogens is 2. The van der Waals surface area contributed by atoms with Crippen LogP contribution in [0.15, 0.2) is 59.6 Å². The molecule has 0 radical (unpaired) electrons.